The van der Waals surface area contributed by atoms with Gasteiger partial charge in [0.1, 0.15) is 17.7 Å². The van der Waals surface area contributed by atoms with Crippen LogP contribution in [0.5, 0.6) is 0 Å². The summed E-state index contributed by atoms with van der Waals surface area (Å²) < 4.78 is 13.0. The predicted octanol–water partition coefficient (Wildman–Crippen LogP) is 8.22. The Bertz CT molecular complexity index is 1150. The quantitative estimate of drug-likeness (QED) is 0.0525. The van der Waals surface area contributed by atoms with E-state index in [0.717, 1.165) is 12.8 Å². The minimum atomic E-state index is -0.718. The van der Waals surface area contributed by atoms with Crippen LogP contribution < -0.4 is 11.5 Å². The molecule has 0 amide bonds. The standard InChI is InChI=1S/C37H64N6O4/c1-4-5-6-7-8-9-10-11-12-13-14-15-16-17-18-19-20-21-22-25-33(44)46-26-23-24-31(47-36(45)34(38)30(2)3)28-43-29-41-32-27-40-37(39)42-35(32)43/h11-12,27,29-31,34H,4-10,13-26,28,38H2,1-3H3,(H2,39,40,42)/t31-,34+/m1/s1. The average molecular weight is 657 g/mol. The number of imidazole rings is 1. The minimum absolute atomic E-state index is 0.0485. The van der Waals surface area contributed by atoms with Crippen molar-refractivity contribution in [3.8, 4) is 0 Å². The molecule has 0 radical (unpaired) electrons. The molecule has 47 heavy (non-hydrogen) atoms. The van der Waals surface area contributed by atoms with Gasteiger partial charge in [-0.1, -0.05) is 110 Å². The van der Waals surface area contributed by atoms with E-state index in [1.165, 1.54) is 96.3 Å². The highest BCUT2D eigenvalue weighted by Crippen LogP contribution is 2.16. The number of hydrogen-bond donors (Lipinski definition) is 2. The smallest absolute Gasteiger partial charge is 0.323 e. The van der Waals surface area contributed by atoms with E-state index >= 15 is 0 Å². The van der Waals surface area contributed by atoms with Gasteiger partial charge in [0.05, 0.1) is 25.7 Å². The zero-order valence-corrected chi connectivity index (χ0v) is 29.7. The molecule has 2 aromatic rings. The highest BCUT2D eigenvalue weighted by molar-refractivity contribution is 5.76. The average Bonchev–Trinajstić information content (AvgIpc) is 3.44. The Morgan fingerprint density at radius 1 is 0.851 bits per heavy atom. The van der Waals surface area contributed by atoms with Gasteiger partial charge in [0, 0.05) is 6.42 Å². The topological polar surface area (TPSA) is 148 Å². The Labute approximate surface area is 283 Å². The summed E-state index contributed by atoms with van der Waals surface area (Å²) in [6.07, 6.45) is 30.5. The summed E-state index contributed by atoms with van der Waals surface area (Å²) in [5.74, 6) is -0.534. The number of fused-ring (bicyclic) bond motifs is 1. The summed E-state index contributed by atoms with van der Waals surface area (Å²) in [5, 5.41) is 0. The third-order valence-corrected chi connectivity index (χ3v) is 8.63. The van der Waals surface area contributed by atoms with E-state index in [1.54, 1.807) is 17.1 Å². The van der Waals surface area contributed by atoms with E-state index in [4.69, 9.17) is 20.9 Å². The van der Waals surface area contributed by atoms with Crippen LogP contribution in [-0.2, 0) is 25.6 Å². The van der Waals surface area contributed by atoms with Crippen LogP contribution in [0.2, 0.25) is 0 Å². The number of hydrogen-bond acceptors (Lipinski definition) is 9. The Kier molecular flexibility index (Phi) is 21.4. The third-order valence-electron chi connectivity index (χ3n) is 8.63. The molecule has 0 aliphatic heterocycles. The van der Waals surface area contributed by atoms with Crippen molar-refractivity contribution < 1.29 is 19.1 Å². The predicted molar refractivity (Wildman–Crippen MR) is 191 cm³/mol. The van der Waals surface area contributed by atoms with Gasteiger partial charge in [0.2, 0.25) is 5.95 Å². The van der Waals surface area contributed by atoms with Crippen LogP contribution in [0, 0.1) is 5.92 Å². The number of carbonyl (C=O) groups excluding carboxylic acids is 2. The van der Waals surface area contributed by atoms with Crippen molar-refractivity contribution in [1.82, 2.24) is 19.5 Å². The number of carbonyl (C=O) groups is 2. The zero-order valence-electron chi connectivity index (χ0n) is 29.7. The first-order valence-electron chi connectivity index (χ1n) is 18.5. The van der Waals surface area contributed by atoms with Gasteiger partial charge in [-0.05, 0) is 50.9 Å². The fourth-order valence-corrected chi connectivity index (χ4v) is 5.54. The van der Waals surface area contributed by atoms with Crippen molar-refractivity contribution in [3.63, 3.8) is 0 Å². The highest BCUT2D eigenvalue weighted by Gasteiger charge is 2.24. The van der Waals surface area contributed by atoms with Gasteiger partial charge in [-0.2, -0.15) is 4.98 Å². The first-order chi connectivity index (χ1) is 22.8. The first-order valence-corrected chi connectivity index (χ1v) is 18.5. The molecule has 0 spiro atoms. The molecular formula is C37H64N6O4. The molecule has 0 fully saturated rings. The number of allylic oxidation sites excluding steroid dienone is 2. The molecule has 10 heteroatoms. The molecule has 10 nitrogen and oxygen atoms in total. The van der Waals surface area contributed by atoms with Crippen LogP contribution in [-0.4, -0.2) is 50.2 Å². The van der Waals surface area contributed by atoms with Crippen molar-refractivity contribution in [3.05, 3.63) is 24.7 Å². The fraction of sp³-hybridized carbons (Fsp3) is 0.757. The van der Waals surface area contributed by atoms with E-state index in [0.29, 0.717) is 37.0 Å². The number of nitrogen functional groups attached to an aromatic ring is 1. The number of anilines is 1. The van der Waals surface area contributed by atoms with Crippen molar-refractivity contribution in [1.29, 1.82) is 0 Å². The second kappa shape index (κ2) is 25.1. The van der Waals surface area contributed by atoms with Crippen LogP contribution in [0.25, 0.3) is 11.2 Å². The highest BCUT2D eigenvalue weighted by atomic mass is 16.5. The Balaban J connectivity index is 1.52. The number of nitrogens with two attached hydrogens (primary N) is 2. The summed E-state index contributed by atoms with van der Waals surface area (Å²) in [6, 6.07) is -0.718. The SMILES string of the molecule is CCCCCCCCC=CCCCCCCCCCCCC(=O)OCCC[C@H](Cn1cnc2cnc(N)nc21)OC(=O)[C@@H](N)C(C)C. The maximum absolute atomic E-state index is 12.6. The van der Waals surface area contributed by atoms with E-state index in [9.17, 15) is 9.59 Å². The van der Waals surface area contributed by atoms with E-state index in [1.807, 2.05) is 13.8 Å². The summed E-state index contributed by atoms with van der Waals surface area (Å²) in [4.78, 5) is 37.5. The number of esters is 2. The summed E-state index contributed by atoms with van der Waals surface area (Å²) in [5.41, 5.74) is 13.0. The minimum Gasteiger partial charge on any atom is -0.466 e. The van der Waals surface area contributed by atoms with Crippen molar-refractivity contribution in [2.24, 2.45) is 11.7 Å². The van der Waals surface area contributed by atoms with Crippen LogP contribution in [0.4, 0.5) is 5.95 Å². The maximum atomic E-state index is 12.6. The lowest BCUT2D eigenvalue weighted by atomic mass is 10.1. The number of unbranched alkanes of at least 4 members (excludes halogenated alkanes) is 15. The van der Waals surface area contributed by atoms with Crippen LogP contribution in [0.15, 0.2) is 24.7 Å². The van der Waals surface area contributed by atoms with Gasteiger partial charge in [-0.25, -0.2) is 9.97 Å². The molecule has 266 valence electrons. The monoisotopic (exact) mass is 656 g/mol. The second-order valence-electron chi connectivity index (χ2n) is 13.3. The van der Waals surface area contributed by atoms with Gasteiger partial charge in [-0.15, -0.1) is 0 Å². The van der Waals surface area contributed by atoms with Gasteiger partial charge >= 0.3 is 11.9 Å². The Hall–Kier alpha value is -3.01. The van der Waals surface area contributed by atoms with E-state index in [-0.39, 0.29) is 24.4 Å². The summed E-state index contributed by atoms with van der Waals surface area (Å²) >= 11 is 0. The Morgan fingerprint density at radius 3 is 2.06 bits per heavy atom. The molecule has 0 aliphatic carbocycles. The molecule has 2 atom stereocenters. The molecule has 4 N–H and O–H groups in total. The van der Waals surface area contributed by atoms with Crippen molar-refractivity contribution in [2.75, 3.05) is 12.3 Å². The molecule has 0 bridgehead atoms. The summed E-state index contributed by atoms with van der Waals surface area (Å²) in [7, 11) is 0. The molecule has 2 rings (SSSR count). The number of nitrogens with zero attached hydrogens (tertiary/aromatic N) is 4. The van der Waals surface area contributed by atoms with Crippen LogP contribution in [0.3, 0.4) is 0 Å². The molecular weight excluding hydrogens is 592 g/mol. The lowest BCUT2D eigenvalue weighted by Crippen LogP contribution is -2.39. The molecule has 2 aromatic heterocycles. The van der Waals surface area contributed by atoms with Gasteiger partial charge in [0.25, 0.3) is 0 Å². The molecule has 0 unspecified atom stereocenters. The largest absolute Gasteiger partial charge is 0.466 e. The van der Waals surface area contributed by atoms with Crippen LogP contribution in [0.1, 0.15) is 149 Å². The van der Waals surface area contributed by atoms with Crippen molar-refractivity contribution in [2.45, 2.75) is 168 Å². The molecule has 0 saturated heterocycles. The second-order valence-corrected chi connectivity index (χ2v) is 13.3. The maximum Gasteiger partial charge on any atom is 0.323 e. The van der Waals surface area contributed by atoms with Gasteiger partial charge in [-0.3, -0.25) is 9.59 Å². The molecule has 0 aromatic carbocycles. The normalized spacial score (nSPS) is 13.0. The Morgan fingerprint density at radius 2 is 1.45 bits per heavy atom. The lowest BCUT2D eigenvalue weighted by molar-refractivity contribution is -0.153. The van der Waals surface area contributed by atoms with Gasteiger partial charge in [0.15, 0.2) is 5.65 Å². The number of ether oxygens (including phenoxy) is 2. The van der Waals surface area contributed by atoms with E-state index < -0.39 is 18.1 Å². The fourth-order valence-electron chi connectivity index (χ4n) is 5.54. The number of aromatic nitrogens is 4. The molecule has 0 aliphatic rings. The zero-order chi connectivity index (χ0) is 34.1. The summed E-state index contributed by atoms with van der Waals surface area (Å²) in [6.45, 7) is 6.63. The van der Waals surface area contributed by atoms with Crippen molar-refractivity contribution >= 4 is 29.1 Å². The van der Waals surface area contributed by atoms with Gasteiger partial charge < -0.3 is 25.5 Å². The molecule has 0 saturated carbocycles. The van der Waals surface area contributed by atoms with Crippen LogP contribution >= 0.6 is 0 Å². The first kappa shape index (κ1) is 40.2. The lowest BCUT2D eigenvalue weighted by Gasteiger charge is -2.22. The molecule has 2 heterocycles. The third kappa shape index (κ3) is 18.2. The number of rotatable bonds is 28. The van der Waals surface area contributed by atoms with E-state index in [2.05, 4.69) is 34.0 Å².